The van der Waals surface area contributed by atoms with E-state index in [-0.39, 0.29) is 11.8 Å². The Balaban J connectivity index is 1.88. The summed E-state index contributed by atoms with van der Waals surface area (Å²) in [5.74, 6) is -0.218. The van der Waals surface area contributed by atoms with E-state index in [9.17, 15) is 13.2 Å². The molecule has 0 amide bonds. The zero-order valence-corrected chi connectivity index (χ0v) is 10.7. The lowest BCUT2D eigenvalue weighted by Gasteiger charge is -2.13. The maximum absolute atomic E-state index is 12.0. The molecule has 2 rings (SSSR count). The quantitative estimate of drug-likeness (QED) is 0.887. The van der Waals surface area contributed by atoms with E-state index in [0.717, 1.165) is 11.1 Å². The number of halogens is 3. The number of aromatic nitrogens is 2. The summed E-state index contributed by atoms with van der Waals surface area (Å²) in [4.78, 5) is 0. The van der Waals surface area contributed by atoms with Crippen molar-refractivity contribution in [2.45, 2.75) is 25.9 Å². The third kappa shape index (κ3) is 4.27. The van der Waals surface area contributed by atoms with Crippen LogP contribution in [0.3, 0.4) is 0 Å². The van der Waals surface area contributed by atoms with Crippen LogP contribution in [0.1, 0.15) is 24.1 Å². The number of aromatic amines is 1. The van der Waals surface area contributed by atoms with E-state index in [1.165, 1.54) is 12.1 Å². The monoisotopic (exact) mass is 285 g/mol. The second kappa shape index (κ2) is 5.96. The average Bonchev–Trinajstić information content (AvgIpc) is 2.89. The van der Waals surface area contributed by atoms with Gasteiger partial charge < -0.3 is 10.1 Å². The first kappa shape index (κ1) is 14.4. The fourth-order valence-corrected chi connectivity index (χ4v) is 1.70. The van der Waals surface area contributed by atoms with E-state index >= 15 is 0 Å². The normalized spacial score (nSPS) is 13.2. The van der Waals surface area contributed by atoms with Gasteiger partial charge in [0.2, 0.25) is 0 Å². The highest BCUT2D eigenvalue weighted by Crippen LogP contribution is 2.22. The number of hydrogen-bond acceptors (Lipinski definition) is 3. The van der Waals surface area contributed by atoms with Crippen LogP contribution in [0.4, 0.5) is 13.2 Å². The van der Waals surface area contributed by atoms with Crippen molar-refractivity contribution in [3.8, 4) is 5.75 Å². The molecular formula is C13H14F3N3O. The van der Waals surface area contributed by atoms with Gasteiger partial charge in [0.25, 0.3) is 0 Å². The first-order valence-corrected chi connectivity index (χ1v) is 6.01. The molecule has 20 heavy (non-hydrogen) atoms. The van der Waals surface area contributed by atoms with Crippen LogP contribution in [0.25, 0.3) is 0 Å². The third-order valence-electron chi connectivity index (χ3n) is 2.79. The van der Waals surface area contributed by atoms with E-state index in [1.807, 2.05) is 6.92 Å². The van der Waals surface area contributed by atoms with Crippen LogP contribution in [0.15, 0.2) is 36.7 Å². The number of alkyl halides is 3. The summed E-state index contributed by atoms with van der Waals surface area (Å²) in [6.45, 7) is 2.52. The van der Waals surface area contributed by atoms with Crippen molar-refractivity contribution in [1.29, 1.82) is 0 Å². The summed E-state index contributed by atoms with van der Waals surface area (Å²) in [6, 6.07) is 5.88. The predicted octanol–water partition coefficient (Wildman–Crippen LogP) is 3.16. The number of benzene rings is 1. The molecule has 1 aromatic heterocycles. The lowest BCUT2D eigenvalue weighted by molar-refractivity contribution is -0.274. The largest absolute Gasteiger partial charge is 0.573 e. The Morgan fingerprint density at radius 3 is 2.55 bits per heavy atom. The molecule has 0 saturated heterocycles. The Morgan fingerprint density at radius 2 is 2.00 bits per heavy atom. The minimum Gasteiger partial charge on any atom is -0.406 e. The molecule has 0 bridgehead atoms. The van der Waals surface area contributed by atoms with Crippen LogP contribution in [0.5, 0.6) is 5.75 Å². The fourth-order valence-electron chi connectivity index (χ4n) is 1.70. The van der Waals surface area contributed by atoms with Gasteiger partial charge in [0, 0.05) is 24.3 Å². The maximum atomic E-state index is 12.0. The van der Waals surface area contributed by atoms with E-state index in [1.54, 1.807) is 24.5 Å². The highest BCUT2D eigenvalue weighted by atomic mass is 19.4. The molecule has 1 atom stereocenters. The summed E-state index contributed by atoms with van der Waals surface area (Å²) in [5.41, 5.74) is 1.89. The summed E-state index contributed by atoms with van der Waals surface area (Å²) < 4.78 is 39.8. The van der Waals surface area contributed by atoms with Crippen molar-refractivity contribution in [3.63, 3.8) is 0 Å². The van der Waals surface area contributed by atoms with Crippen LogP contribution >= 0.6 is 0 Å². The molecule has 0 radical (unpaired) electrons. The Morgan fingerprint density at radius 1 is 1.30 bits per heavy atom. The molecule has 0 saturated carbocycles. The number of nitrogens with one attached hydrogen (secondary N) is 2. The fraction of sp³-hybridized carbons (Fsp3) is 0.308. The topological polar surface area (TPSA) is 49.9 Å². The minimum absolute atomic E-state index is 0.0971. The van der Waals surface area contributed by atoms with Crippen LogP contribution in [0, 0.1) is 0 Å². The number of nitrogens with zero attached hydrogens (tertiary/aromatic N) is 1. The predicted molar refractivity (Wildman–Crippen MR) is 67.0 cm³/mol. The molecule has 4 nitrogen and oxygen atoms in total. The molecule has 1 heterocycles. The molecule has 108 valence electrons. The maximum Gasteiger partial charge on any atom is 0.573 e. The first-order chi connectivity index (χ1) is 9.44. The summed E-state index contributed by atoms with van der Waals surface area (Å²) in [5, 5.41) is 9.83. The van der Waals surface area contributed by atoms with Gasteiger partial charge in [-0.25, -0.2) is 0 Å². The number of H-pyrrole nitrogens is 1. The molecule has 0 fully saturated rings. The van der Waals surface area contributed by atoms with Crippen molar-refractivity contribution in [2.24, 2.45) is 0 Å². The number of rotatable bonds is 5. The van der Waals surface area contributed by atoms with Crippen LogP contribution in [-0.2, 0) is 6.54 Å². The lowest BCUT2D eigenvalue weighted by Crippen LogP contribution is -2.18. The highest BCUT2D eigenvalue weighted by Gasteiger charge is 2.30. The van der Waals surface area contributed by atoms with Gasteiger partial charge in [0.1, 0.15) is 5.75 Å². The lowest BCUT2D eigenvalue weighted by atomic mass is 10.1. The van der Waals surface area contributed by atoms with Crippen molar-refractivity contribution in [2.75, 3.05) is 0 Å². The Kier molecular flexibility index (Phi) is 4.29. The molecule has 1 unspecified atom stereocenters. The highest BCUT2D eigenvalue weighted by molar-refractivity contribution is 5.27. The van der Waals surface area contributed by atoms with Gasteiger partial charge in [-0.05, 0) is 24.6 Å². The van der Waals surface area contributed by atoms with Gasteiger partial charge in [-0.15, -0.1) is 13.2 Å². The van der Waals surface area contributed by atoms with E-state index < -0.39 is 6.36 Å². The molecule has 7 heteroatoms. The smallest absolute Gasteiger partial charge is 0.406 e. The molecule has 2 N–H and O–H groups in total. The van der Waals surface area contributed by atoms with E-state index in [0.29, 0.717) is 6.54 Å². The average molecular weight is 285 g/mol. The van der Waals surface area contributed by atoms with Gasteiger partial charge in [0.15, 0.2) is 0 Å². The van der Waals surface area contributed by atoms with E-state index in [2.05, 4.69) is 20.3 Å². The molecular weight excluding hydrogens is 271 g/mol. The van der Waals surface area contributed by atoms with Crippen molar-refractivity contribution in [3.05, 3.63) is 47.8 Å². The van der Waals surface area contributed by atoms with E-state index in [4.69, 9.17) is 0 Å². The summed E-state index contributed by atoms with van der Waals surface area (Å²) >= 11 is 0. The Labute approximate surface area is 114 Å². The van der Waals surface area contributed by atoms with Crippen LogP contribution < -0.4 is 10.1 Å². The summed E-state index contributed by atoms with van der Waals surface area (Å²) in [6.07, 6.45) is -1.15. The molecule has 0 spiro atoms. The standard InChI is InChI=1S/C13H14F3N3O/c1-9(11-7-18-19-8-11)17-6-10-2-4-12(5-3-10)20-13(14,15)16/h2-5,7-9,17H,6H2,1H3,(H,18,19). The van der Waals surface area contributed by atoms with Gasteiger partial charge >= 0.3 is 6.36 Å². The van der Waals surface area contributed by atoms with Crippen LogP contribution in [-0.4, -0.2) is 16.6 Å². The Hall–Kier alpha value is -2.02. The second-order valence-electron chi connectivity index (χ2n) is 4.33. The van der Waals surface area contributed by atoms with Crippen molar-refractivity contribution >= 4 is 0 Å². The molecule has 2 aromatic rings. The van der Waals surface area contributed by atoms with Gasteiger partial charge in [-0.2, -0.15) is 5.10 Å². The molecule has 0 aliphatic carbocycles. The zero-order valence-electron chi connectivity index (χ0n) is 10.7. The number of hydrogen-bond donors (Lipinski definition) is 2. The van der Waals surface area contributed by atoms with Gasteiger partial charge in [-0.3, -0.25) is 5.10 Å². The zero-order chi connectivity index (χ0) is 14.6. The van der Waals surface area contributed by atoms with Crippen molar-refractivity contribution in [1.82, 2.24) is 15.5 Å². The molecule has 0 aliphatic rings. The SMILES string of the molecule is CC(NCc1ccc(OC(F)(F)F)cc1)c1cn[nH]c1. The van der Waals surface area contributed by atoms with Crippen molar-refractivity contribution < 1.29 is 17.9 Å². The molecule has 1 aromatic carbocycles. The minimum atomic E-state index is -4.66. The van der Waals surface area contributed by atoms with Crippen LogP contribution in [0.2, 0.25) is 0 Å². The molecule has 0 aliphatic heterocycles. The number of ether oxygens (including phenoxy) is 1. The second-order valence-corrected chi connectivity index (χ2v) is 4.33. The van der Waals surface area contributed by atoms with Gasteiger partial charge in [0.05, 0.1) is 6.20 Å². The first-order valence-electron chi connectivity index (χ1n) is 6.01. The summed E-state index contributed by atoms with van der Waals surface area (Å²) in [7, 11) is 0. The third-order valence-corrected chi connectivity index (χ3v) is 2.79. The van der Waals surface area contributed by atoms with Gasteiger partial charge in [-0.1, -0.05) is 12.1 Å². The Bertz CT molecular complexity index is 523.